The number of aliphatic hydroxyl groups is 4. The van der Waals surface area contributed by atoms with E-state index in [-0.39, 0.29) is 28.8 Å². The number of rotatable bonds is 8. The third-order valence-corrected chi connectivity index (χ3v) is 5.06. The van der Waals surface area contributed by atoms with Crippen molar-refractivity contribution >= 4 is 0 Å². The van der Waals surface area contributed by atoms with Crippen molar-refractivity contribution in [3.05, 3.63) is 41.1 Å². The number of aromatic nitrogens is 2. The fourth-order valence-corrected chi connectivity index (χ4v) is 3.39. The van der Waals surface area contributed by atoms with E-state index in [1.807, 2.05) is 0 Å². The highest BCUT2D eigenvalue weighted by Crippen LogP contribution is 2.31. The average molecular weight is 459 g/mol. The zero-order valence-electron chi connectivity index (χ0n) is 26.0. The lowest BCUT2D eigenvalue weighted by atomic mass is 9.99. The summed E-state index contributed by atoms with van der Waals surface area (Å²) in [5.41, 5.74) is 0.378. The molecule has 1 aliphatic rings. The Labute approximate surface area is 199 Å². The van der Waals surface area contributed by atoms with Crippen LogP contribution in [0.15, 0.2) is 24.3 Å². The van der Waals surface area contributed by atoms with Gasteiger partial charge in [-0.3, -0.25) is 4.68 Å². The smallest absolute Gasteiger partial charge is 0.239 e. The standard InChI is InChI=1S/C23H34N2O7/c1-12(2)25-14(5)17(10-15-6-8-16(9-7-15)30-13(3)4)22(24-25)32-23-21(29)20(28)19(27)18(11-26)31-23/h6-9,12-13,18-21,23,26-29H,10-11H2,1-5H3/t18-,19-,20+,21-,23+/m1/s1/i3D3,4D3,10D2. The normalized spacial score (nSPS) is 31.0. The van der Waals surface area contributed by atoms with E-state index in [1.165, 1.54) is 28.9 Å². The third-order valence-electron chi connectivity index (χ3n) is 5.06. The Morgan fingerprint density at radius 2 is 1.84 bits per heavy atom. The number of nitrogens with zero attached hydrogens (tertiary/aromatic N) is 2. The predicted molar refractivity (Wildman–Crippen MR) is 117 cm³/mol. The Kier molecular flexibility index (Phi) is 4.97. The fraction of sp³-hybridized carbons (Fsp3) is 0.609. The molecule has 32 heavy (non-hydrogen) atoms. The summed E-state index contributed by atoms with van der Waals surface area (Å²) in [5.74, 6) is -0.366. The van der Waals surface area contributed by atoms with Gasteiger partial charge in [0.2, 0.25) is 12.2 Å². The van der Waals surface area contributed by atoms with Crippen LogP contribution < -0.4 is 9.47 Å². The van der Waals surface area contributed by atoms with E-state index in [1.54, 1.807) is 20.8 Å². The molecule has 0 bridgehead atoms. The molecule has 0 spiro atoms. The molecule has 1 fully saturated rings. The summed E-state index contributed by atoms with van der Waals surface area (Å²) in [6.45, 7) is -1.34. The van der Waals surface area contributed by atoms with Gasteiger partial charge in [0.15, 0.2) is 0 Å². The molecule has 9 heteroatoms. The van der Waals surface area contributed by atoms with Gasteiger partial charge in [-0.25, -0.2) is 0 Å². The van der Waals surface area contributed by atoms with Crippen LogP contribution in [0.25, 0.3) is 0 Å². The first-order valence-electron chi connectivity index (χ1n) is 14.1. The van der Waals surface area contributed by atoms with Crippen molar-refractivity contribution in [3.63, 3.8) is 0 Å². The maximum atomic E-state index is 10.4. The lowest BCUT2D eigenvalue weighted by Gasteiger charge is -2.39. The molecule has 0 amide bonds. The summed E-state index contributed by atoms with van der Waals surface area (Å²) in [4.78, 5) is 0. The van der Waals surface area contributed by atoms with Gasteiger partial charge in [-0.05, 0) is 52.2 Å². The van der Waals surface area contributed by atoms with Gasteiger partial charge < -0.3 is 34.6 Å². The second-order valence-electron chi connectivity index (χ2n) is 7.77. The minimum absolute atomic E-state index is 0.0466. The first kappa shape index (κ1) is 15.6. The zero-order chi connectivity index (χ0) is 30.4. The monoisotopic (exact) mass is 458 g/mol. The van der Waals surface area contributed by atoms with Crippen LogP contribution in [0.2, 0.25) is 0 Å². The molecule has 0 unspecified atom stereocenters. The van der Waals surface area contributed by atoms with Gasteiger partial charge in [0.25, 0.3) is 0 Å². The number of ether oxygens (including phenoxy) is 3. The second kappa shape index (κ2) is 10.2. The summed E-state index contributed by atoms with van der Waals surface area (Å²) in [7, 11) is 0. The fourth-order valence-electron chi connectivity index (χ4n) is 3.39. The van der Waals surface area contributed by atoms with Gasteiger partial charge >= 0.3 is 0 Å². The largest absolute Gasteiger partial charge is 0.491 e. The molecule has 3 rings (SSSR count). The highest BCUT2D eigenvalue weighted by atomic mass is 16.7. The van der Waals surface area contributed by atoms with Gasteiger partial charge in [-0.15, -0.1) is 5.10 Å². The van der Waals surface area contributed by atoms with Gasteiger partial charge in [0.1, 0.15) is 30.2 Å². The average Bonchev–Trinajstić information content (AvgIpc) is 3.18. The lowest BCUT2D eigenvalue weighted by Crippen LogP contribution is -2.60. The molecule has 0 saturated carbocycles. The quantitative estimate of drug-likeness (QED) is 0.467. The first-order chi connectivity index (χ1) is 18.3. The summed E-state index contributed by atoms with van der Waals surface area (Å²) in [6, 6.07) is 4.86. The van der Waals surface area contributed by atoms with Crippen molar-refractivity contribution in [3.8, 4) is 11.6 Å². The van der Waals surface area contributed by atoms with E-state index >= 15 is 0 Å². The lowest BCUT2D eigenvalue weighted by molar-refractivity contribution is -0.278. The van der Waals surface area contributed by atoms with Crippen LogP contribution >= 0.6 is 0 Å². The second-order valence-corrected chi connectivity index (χ2v) is 7.77. The summed E-state index contributed by atoms with van der Waals surface area (Å²) in [5, 5.41) is 44.5. The highest BCUT2D eigenvalue weighted by molar-refractivity contribution is 5.38. The Morgan fingerprint density at radius 3 is 2.44 bits per heavy atom. The Morgan fingerprint density at radius 1 is 1.16 bits per heavy atom. The van der Waals surface area contributed by atoms with E-state index in [0.717, 1.165) is 0 Å². The van der Waals surface area contributed by atoms with Gasteiger partial charge in [-0.2, -0.15) is 0 Å². The first-order valence-corrected chi connectivity index (χ1v) is 10.1. The molecule has 1 aromatic carbocycles. The van der Waals surface area contributed by atoms with Gasteiger partial charge in [0.05, 0.1) is 12.7 Å². The van der Waals surface area contributed by atoms with Crippen LogP contribution in [-0.4, -0.2) is 73.6 Å². The van der Waals surface area contributed by atoms with E-state index in [0.29, 0.717) is 5.69 Å². The molecule has 1 aromatic heterocycles. The Hall–Kier alpha value is -2.17. The van der Waals surface area contributed by atoms with E-state index in [9.17, 15) is 20.4 Å². The molecular formula is C23H34N2O7. The topological polar surface area (TPSA) is 126 Å². The maximum Gasteiger partial charge on any atom is 0.239 e. The molecule has 2 heterocycles. The SMILES string of the molecule is [2H]C([2H])(c1ccc(OC(C([2H])([2H])[2H])C([2H])([2H])[2H])cc1)c1c(O[C@@H]2O[C@H](CO)[C@@H](O)[C@H](O)[C@H]2O)nn(C(C)C)c1C. The Balaban J connectivity index is 1.98. The van der Waals surface area contributed by atoms with Gasteiger partial charge in [-0.1, -0.05) is 12.1 Å². The molecule has 0 radical (unpaired) electrons. The van der Waals surface area contributed by atoms with Gasteiger partial charge in [0, 0.05) is 34.6 Å². The summed E-state index contributed by atoms with van der Waals surface area (Å²) in [6.07, 6.45) is -12.3. The highest BCUT2D eigenvalue weighted by Gasteiger charge is 2.45. The number of hydrogen-bond donors (Lipinski definition) is 4. The number of benzene rings is 1. The van der Waals surface area contributed by atoms with Crippen molar-refractivity contribution in [2.75, 3.05) is 6.61 Å². The molecule has 9 nitrogen and oxygen atoms in total. The van der Waals surface area contributed by atoms with Crippen LogP contribution in [0.1, 0.15) is 61.4 Å². The molecule has 5 atom stereocenters. The molecular weight excluding hydrogens is 416 g/mol. The number of hydrogen-bond acceptors (Lipinski definition) is 8. The molecule has 1 aliphatic heterocycles. The van der Waals surface area contributed by atoms with Crippen molar-refractivity contribution < 1.29 is 45.6 Å². The van der Waals surface area contributed by atoms with Crippen LogP contribution in [0.4, 0.5) is 0 Å². The minimum atomic E-state index is -2.93. The summed E-state index contributed by atoms with van der Waals surface area (Å²) >= 11 is 0. The van der Waals surface area contributed by atoms with Crippen LogP contribution in [0, 0.1) is 6.92 Å². The molecule has 2 aromatic rings. The minimum Gasteiger partial charge on any atom is -0.491 e. The molecule has 178 valence electrons. The number of aliphatic hydroxyl groups excluding tert-OH is 4. The van der Waals surface area contributed by atoms with Crippen molar-refractivity contribution in [2.24, 2.45) is 0 Å². The summed E-state index contributed by atoms with van der Waals surface area (Å²) < 4.78 is 80.8. The van der Waals surface area contributed by atoms with Crippen molar-refractivity contribution in [1.82, 2.24) is 9.78 Å². The molecule has 1 saturated heterocycles. The van der Waals surface area contributed by atoms with E-state index in [2.05, 4.69) is 5.10 Å². The van der Waals surface area contributed by atoms with Crippen LogP contribution in [-0.2, 0) is 11.1 Å². The van der Waals surface area contributed by atoms with Crippen molar-refractivity contribution in [1.29, 1.82) is 0 Å². The van der Waals surface area contributed by atoms with Crippen LogP contribution in [0.5, 0.6) is 11.6 Å². The maximum absolute atomic E-state index is 10.4. The zero-order valence-corrected chi connectivity index (χ0v) is 18.0. The van der Waals surface area contributed by atoms with Crippen molar-refractivity contribution in [2.45, 2.75) is 83.7 Å². The van der Waals surface area contributed by atoms with Crippen LogP contribution in [0.3, 0.4) is 0 Å². The molecule has 4 N–H and O–H groups in total. The van der Waals surface area contributed by atoms with E-state index < -0.39 is 63.5 Å². The molecule has 0 aliphatic carbocycles. The van der Waals surface area contributed by atoms with E-state index in [4.69, 9.17) is 25.2 Å². The third kappa shape index (κ3) is 5.24. The Bertz CT molecular complexity index is 1140. The predicted octanol–water partition coefficient (Wildman–Crippen LogP) is 1.33.